The molecular formula is C12H14N4S. The van der Waals surface area contributed by atoms with Gasteiger partial charge in [-0.1, -0.05) is 6.07 Å². The summed E-state index contributed by atoms with van der Waals surface area (Å²) in [6, 6.07) is 7.78. The van der Waals surface area contributed by atoms with Gasteiger partial charge in [0.05, 0.1) is 0 Å². The number of nitrogens with one attached hydrogen (secondary N) is 1. The van der Waals surface area contributed by atoms with Gasteiger partial charge in [0.1, 0.15) is 21.7 Å². The van der Waals surface area contributed by atoms with E-state index in [4.69, 9.17) is 0 Å². The third-order valence-electron chi connectivity index (χ3n) is 2.02. The zero-order valence-electron chi connectivity index (χ0n) is 9.84. The van der Waals surface area contributed by atoms with Crippen LogP contribution in [0.25, 0.3) is 0 Å². The van der Waals surface area contributed by atoms with E-state index in [1.54, 1.807) is 6.20 Å². The van der Waals surface area contributed by atoms with Crippen LogP contribution in [0.15, 0.2) is 40.5 Å². The van der Waals surface area contributed by atoms with Crippen molar-refractivity contribution in [2.45, 2.75) is 23.9 Å². The maximum atomic E-state index is 4.38. The largest absolute Gasteiger partial charge is 0.370 e. The molecule has 2 heterocycles. The summed E-state index contributed by atoms with van der Waals surface area (Å²) >= 11 is 1.54. The SMILES string of the molecule is CCNc1cc(Sc2ccccn2)nc(C)n1. The van der Waals surface area contributed by atoms with Crippen LogP contribution in [0.2, 0.25) is 0 Å². The lowest BCUT2D eigenvalue weighted by atomic mass is 10.5. The normalized spacial score (nSPS) is 10.2. The van der Waals surface area contributed by atoms with Crippen molar-refractivity contribution in [2.75, 3.05) is 11.9 Å². The van der Waals surface area contributed by atoms with E-state index in [-0.39, 0.29) is 0 Å². The zero-order valence-corrected chi connectivity index (χ0v) is 10.7. The smallest absolute Gasteiger partial charge is 0.130 e. The second-order valence-electron chi connectivity index (χ2n) is 3.44. The third kappa shape index (κ3) is 3.42. The van der Waals surface area contributed by atoms with Crippen molar-refractivity contribution in [2.24, 2.45) is 0 Å². The lowest BCUT2D eigenvalue weighted by Gasteiger charge is -2.06. The first-order chi connectivity index (χ1) is 8.28. The average molecular weight is 246 g/mol. The summed E-state index contributed by atoms with van der Waals surface area (Å²) in [6.45, 7) is 4.79. The zero-order chi connectivity index (χ0) is 12.1. The van der Waals surface area contributed by atoms with E-state index in [1.165, 1.54) is 11.8 Å². The number of hydrogen-bond acceptors (Lipinski definition) is 5. The van der Waals surface area contributed by atoms with Crippen LogP contribution in [0.1, 0.15) is 12.7 Å². The van der Waals surface area contributed by atoms with Gasteiger partial charge in [-0.05, 0) is 37.7 Å². The molecule has 2 aromatic rings. The van der Waals surface area contributed by atoms with E-state index in [0.717, 1.165) is 28.2 Å². The summed E-state index contributed by atoms with van der Waals surface area (Å²) in [6.07, 6.45) is 1.78. The van der Waals surface area contributed by atoms with Gasteiger partial charge in [-0.3, -0.25) is 0 Å². The van der Waals surface area contributed by atoms with Gasteiger partial charge in [0.2, 0.25) is 0 Å². The van der Waals surface area contributed by atoms with Crippen LogP contribution in [0, 0.1) is 6.92 Å². The molecule has 0 atom stereocenters. The molecule has 0 aliphatic heterocycles. The van der Waals surface area contributed by atoms with Crippen LogP contribution >= 0.6 is 11.8 Å². The Morgan fingerprint density at radius 3 is 2.82 bits per heavy atom. The lowest BCUT2D eigenvalue weighted by Crippen LogP contribution is -2.02. The van der Waals surface area contributed by atoms with E-state index >= 15 is 0 Å². The fourth-order valence-electron chi connectivity index (χ4n) is 1.38. The molecule has 2 rings (SSSR count). The van der Waals surface area contributed by atoms with Crippen molar-refractivity contribution in [3.63, 3.8) is 0 Å². The van der Waals surface area contributed by atoms with Crippen molar-refractivity contribution >= 4 is 17.6 Å². The fraction of sp³-hybridized carbons (Fsp3) is 0.250. The molecule has 0 amide bonds. The van der Waals surface area contributed by atoms with Crippen molar-refractivity contribution in [3.05, 3.63) is 36.3 Å². The van der Waals surface area contributed by atoms with Crippen molar-refractivity contribution < 1.29 is 0 Å². The van der Waals surface area contributed by atoms with E-state index in [2.05, 4.69) is 20.3 Å². The Kier molecular flexibility index (Phi) is 3.93. The van der Waals surface area contributed by atoms with Gasteiger partial charge >= 0.3 is 0 Å². The topological polar surface area (TPSA) is 50.7 Å². The maximum Gasteiger partial charge on any atom is 0.130 e. The van der Waals surface area contributed by atoms with E-state index in [9.17, 15) is 0 Å². The summed E-state index contributed by atoms with van der Waals surface area (Å²) in [7, 11) is 0. The Labute approximate surface area is 105 Å². The molecule has 0 spiro atoms. The highest BCUT2D eigenvalue weighted by atomic mass is 32.2. The monoisotopic (exact) mass is 246 g/mol. The highest BCUT2D eigenvalue weighted by Gasteiger charge is 2.03. The first-order valence-electron chi connectivity index (χ1n) is 5.46. The number of rotatable bonds is 4. The standard InChI is InChI=1S/C12H14N4S/c1-3-13-10-8-12(16-9(2)15-10)17-11-6-4-5-7-14-11/h4-8H,3H2,1-2H3,(H,13,15,16). The second kappa shape index (κ2) is 5.63. The third-order valence-corrected chi connectivity index (χ3v) is 2.89. The molecule has 5 heteroatoms. The van der Waals surface area contributed by atoms with Gasteiger partial charge in [0.15, 0.2) is 0 Å². The van der Waals surface area contributed by atoms with Crippen molar-refractivity contribution in [3.8, 4) is 0 Å². The number of aryl methyl sites for hydroxylation is 1. The molecule has 1 N–H and O–H groups in total. The van der Waals surface area contributed by atoms with Gasteiger partial charge in [-0.25, -0.2) is 15.0 Å². The Morgan fingerprint density at radius 2 is 2.12 bits per heavy atom. The predicted molar refractivity (Wildman–Crippen MR) is 69.3 cm³/mol. The molecule has 0 bridgehead atoms. The summed E-state index contributed by atoms with van der Waals surface area (Å²) < 4.78 is 0. The molecule has 0 saturated heterocycles. The molecule has 0 aliphatic carbocycles. The first-order valence-corrected chi connectivity index (χ1v) is 6.28. The van der Waals surface area contributed by atoms with Crippen LogP contribution in [-0.4, -0.2) is 21.5 Å². The Balaban J connectivity index is 2.21. The minimum absolute atomic E-state index is 0.766. The number of anilines is 1. The van der Waals surface area contributed by atoms with E-state index < -0.39 is 0 Å². The average Bonchev–Trinajstić information content (AvgIpc) is 2.30. The molecule has 4 nitrogen and oxygen atoms in total. The highest BCUT2D eigenvalue weighted by Crippen LogP contribution is 2.25. The molecular weight excluding hydrogens is 232 g/mol. The molecule has 0 aromatic carbocycles. The molecule has 0 saturated carbocycles. The van der Waals surface area contributed by atoms with Gasteiger partial charge in [-0.2, -0.15) is 0 Å². The molecule has 0 radical (unpaired) electrons. The molecule has 0 unspecified atom stereocenters. The summed E-state index contributed by atoms with van der Waals surface area (Å²) in [5.41, 5.74) is 0. The Bertz CT molecular complexity index is 487. The van der Waals surface area contributed by atoms with Crippen LogP contribution in [-0.2, 0) is 0 Å². The molecule has 0 fully saturated rings. The number of pyridine rings is 1. The number of aromatic nitrogens is 3. The van der Waals surface area contributed by atoms with Gasteiger partial charge in [-0.15, -0.1) is 0 Å². The van der Waals surface area contributed by atoms with Crippen molar-refractivity contribution in [1.82, 2.24) is 15.0 Å². The van der Waals surface area contributed by atoms with Crippen LogP contribution in [0.3, 0.4) is 0 Å². The Hall–Kier alpha value is -1.62. The summed E-state index contributed by atoms with van der Waals surface area (Å²) in [4.78, 5) is 13.0. The molecule has 2 aromatic heterocycles. The van der Waals surface area contributed by atoms with Gasteiger partial charge in [0.25, 0.3) is 0 Å². The highest BCUT2D eigenvalue weighted by molar-refractivity contribution is 7.99. The van der Waals surface area contributed by atoms with Crippen LogP contribution < -0.4 is 5.32 Å². The summed E-state index contributed by atoms with van der Waals surface area (Å²) in [5.74, 6) is 1.63. The van der Waals surface area contributed by atoms with E-state index in [0.29, 0.717) is 0 Å². The van der Waals surface area contributed by atoms with Gasteiger partial charge in [0, 0.05) is 18.8 Å². The lowest BCUT2D eigenvalue weighted by molar-refractivity contribution is 0.957. The predicted octanol–water partition coefficient (Wildman–Crippen LogP) is 2.76. The minimum Gasteiger partial charge on any atom is -0.370 e. The van der Waals surface area contributed by atoms with Crippen LogP contribution in [0.4, 0.5) is 5.82 Å². The molecule has 0 aliphatic rings. The maximum absolute atomic E-state index is 4.38. The van der Waals surface area contributed by atoms with Crippen molar-refractivity contribution in [1.29, 1.82) is 0 Å². The van der Waals surface area contributed by atoms with Crippen LogP contribution in [0.5, 0.6) is 0 Å². The molecule has 88 valence electrons. The van der Waals surface area contributed by atoms with Gasteiger partial charge < -0.3 is 5.32 Å². The number of nitrogens with zero attached hydrogens (tertiary/aromatic N) is 3. The van der Waals surface area contributed by atoms with E-state index in [1.807, 2.05) is 38.1 Å². The molecule has 17 heavy (non-hydrogen) atoms. The second-order valence-corrected chi connectivity index (χ2v) is 4.48. The first kappa shape index (κ1) is 11.9. The fourth-order valence-corrected chi connectivity index (χ4v) is 2.20. The minimum atomic E-state index is 0.766. The number of hydrogen-bond donors (Lipinski definition) is 1. The summed E-state index contributed by atoms with van der Waals surface area (Å²) in [5, 5.41) is 5.04. The Morgan fingerprint density at radius 1 is 1.24 bits per heavy atom. The quantitative estimate of drug-likeness (QED) is 0.841.